The van der Waals surface area contributed by atoms with Crippen molar-refractivity contribution >= 4 is 5.97 Å². The lowest BCUT2D eigenvalue weighted by Gasteiger charge is -2.13. The van der Waals surface area contributed by atoms with Crippen LogP contribution in [0.4, 0.5) is 0 Å². The number of carbonyl (C=O) groups is 1. The number of carboxylic acids is 1. The van der Waals surface area contributed by atoms with E-state index in [2.05, 4.69) is 13.0 Å². The maximum absolute atomic E-state index is 11.2. The van der Waals surface area contributed by atoms with Gasteiger partial charge in [-0.15, -0.1) is 0 Å². The van der Waals surface area contributed by atoms with Crippen molar-refractivity contribution in [3.8, 4) is 5.75 Å². The molecule has 3 nitrogen and oxygen atoms in total. The Bertz CT molecular complexity index is 626. The summed E-state index contributed by atoms with van der Waals surface area (Å²) in [6.45, 7) is 2.39. The van der Waals surface area contributed by atoms with Crippen LogP contribution in [0.3, 0.4) is 0 Å². The van der Waals surface area contributed by atoms with Gasteiger partial charge < -0.3 is 10.2 Å². The van der Waals surface area contributed by atoms with Gasteiger partial charge in [-0.2, -0.15) is 0 Å². The average molecular weight is 359 g/mol. The highest BCUT2D eigenvalue weighted by molar-refractivity contribution is 5.77. The lowest BCUT2D eigenvalue weighted by molar-refractivity contribution is -0.143. The van der Waals surface area contributed by atoms with Gasteiger partial charge in [0.2, 0.25) is 0 Å². The minimum Gasteiger partial charge on any atom is -0.508 e. The first-order valence-electron chi connectivity index (χ1n) is 10.5. The van der Waals surface area contributed by atoms with Gasteiger partial charge in [-0.25, -0.2) is 0 Å². The summed E-state index contributed by atoms with van der Waals surface area (Å²) in [5.41, 5.74) is 2.66. The molecule has 2 aliphatic carbocycles. The predicted molar refractivity (Wildman–Crippen MR) is 104 cm³/mol. The number of aromatic hydroxyl groups is 1. The van der Waals surface area contributed by atoms with Crippen LogP contribution >= 0.6 is 0 Å². The van der Waals surface area contributed by atoms with Gasteiger partial charge >= 0.3 is 5.97 Å². The largest absolute Gasteiger partial charge is 0.508 e. The number of rotatable bonds is 12. The monoisotopic (exact) mass is 358 g/mol. The van der Waals surface area contributed by atoms with Crippen molar-refractivity contribution in [3.63, 3.8) is 0 Å². The molecule has 3 heteroatoms. The van der Waals surface area contributed by atoms with E-state index in [1.807, 2.05) is 6.07 Å². The summed E-state index contributed by atoms with van der Waals surface area (Å²) in [6.07, 6.45) is 14.1. The first-order chi connectivity index (χ1) is 12.4. The Kier molecular flexibility index (Phi) is 5.94. The number of phenolic OH excluding ortho intramolecular Hbond substituents is 1. The molecule has 0 atom stereocenters. The molecule has 0 aromatic heterocycles. The first-order valence-corrected chi connectivity index (χ1v) is 10.5. The molecule has 1 aromatic rings. The fraction of sp³-hybridized carbons (Fsp3) is 0.696. The number of unbranched alkanes of at least 4 members (excludes halogenated alkanes) is 3. The summed E-state index contributed by atoms with van der Waals surface area (Å²) < 4.78 is 0. The molecule has 144 valence electrons. The number of phenols is 1. The molecule has 3 rings (SSSR count). The van der Waals surface area contributed by atoms with Gasteiger partial charge in [-0.05, 0) is 86.8 Å². The zero-order valence-corrected chi connectivity index (χ0v) is 16.2. The lowest BCUT2D eigenvalue weighted by Crippen LogP contribution is -2.14. The van der Waals surface area contributed by atoms with E-state index in [-0.39, 0.29) is 0 Å². The van der Waals surface area contributed by atoms with Crippen LogP contribution in [0.15, 0.2) is 18.2 Å². The minimum absolute atomic E-state index is 0.391. The molecule has 2 saturated carbocycles. The molecule has 2 aliphatic rings. The van der Waals surface area contributed by atoms with Crippen molar-refractivity contribution in [1.29, 1.82) is 0 Å². The summed E-state index contributed by atoms with van der Waals surface area (Å²) in [5.74, 6) is -0.179. The van der Waals surface area contributed by atoms with E-state index in [4.69, 9.17) is 0 Å². The fourth-order valence-corrected chi connectivity index (χ4v) is 4.14. The van der Waals surface area contributed by atoms with Crippen LogP contribution in [0.5, 0.6) is 5.75 Å². The van der Waals surface area contributed by atoms with E-state index < -0.39 is 11.4 Å². The van der Waals surface area contributed by atoms with Gasteiger partial charge in [0.1, 0.15) is 5.75 Å². The highest BCUT2D eigenvalue weighted by Crippen LogP contribution is 2.50. The SMILES string of the molecule is CC1(CCCCc2cccc(O)c2CCCCCC2(C(=O)O)CC2)CC1. The molecule has 0 aliphatic heterocycles. The maximum atomic E-state index is 11.2. The minimum atomic E-state index is -0.611. The summed E-state index contributed by atoms with van der Waals surface area (Å²) in [4.78, 5) is 11.2. The van der Waals surface area contributed by atoms with Crippen LogP contribution < -0.4 is 0 Å². The molecule has 0 bridgehead atoms. The van der Waals surface area contributed by atoms with Crippen LogP contribution in [0.25, 0.3) is 0 Å². The van der Waals surface area contributed by atoms with Crippen molar-refractivity contribution in [3.05, 3.63) is 29.3 Å². The van der Waals surface area contributed by atoms with Gasteiger partial charge in [-0.1, -0.05) is 38.3 Å². The van der Waals surface area contributed by atoms with Crippen molar-refractivity contribution in [1.82, 2.24) is 0 Å². The molecule has 0 unspecified atom stereocenters. The van der Waals surface area contributed by atoms with Gasteiger partial charge in [0.15, 0.2) is 0 Å². The molecule has 2 fully saturated rings. The molecular formula is C23H34O3. The average Bonchev–Trinajstić information content (AvgIpc) is 3.51. The molecular weight excluding hydrogens is 324 g/mol. The van der Waals surface area contributed by atoms with Gasteiger partial charge in [0, 0.05) is 0 Å². The number of hydrogen-bond donors (Lipinski definition) is 2. The fourth-order valence-electron chi connectivity index (χ4n) is 4.14. The Morgan fingerprint density at radius 2 is 1.65 bits per heavy atom. The normalized spacial score (nSPS) is 19.3. The Morgan fingerprint density at radius 1 is 0.962 bits per heavy atom. The number of aliphatic carboxylic acids is 1. The van der Waals surface area contributed by atoms with Crippen molar-refractivity contribution in [2.45, 2.75) is 90.4 Å². The summed E-state index contributed by atoms with van der Waals surface area (Å²) in [5, 5.41) is 19.5. The summed E-state index contributed by atoms with van der Waals surface area (Å²) in [7, 11) is 0. The van der Waals surface area contributed by atoms with Crippen LogP contribution in [0.1, 0.15) is 88.7 Å². The Labute approximate surface area is 157 Å². The lowest BCUT2D eigenvalue weighted by atomic mass is 9.93. The quantitative estimate of drug-likeness (QED) is 0.459. The Morgan fingerprint density at radius 3 is 2.31 bits per heavy atom. The highest BCUT2D eigenvalue weighted by Gasteiger charge is 2.49. The second-order valence-electron chi connectivity index (χ2n) is 9.08. The number of hydrogen-bond acceptors (Lipinski definition) is 2. The topological polar surface area (TPSA) is 57.5 Å². The molecule has 0 amide bonds. The third kappa shape index (κ3) is 5.02. The Balaban J connectivity index is 1.40. The zero-order chi connectivity index (χ0) is 18.6. The smallest absolute Gasteiger partial charge is 0.309 e. The molecule has 2 N–H and O–H groups in total. The van der Waals surface area contributed by atoms with E-state index >= 15 is 0 Å². The predicted octanol–water partition coefficient (Wildman–Crippen LogP) is 5.87. The molecule has 0 radical (unpaired) electrons. The van der Waals surface area contributed by atoms with Crippen LogP contribution in [-0.4, -0.2) is 16.2 Å². The molecule has 1 aromatic carbocycles. The van der Waals surface area contributed by atoms with E-state index in [1.54, 1.807) is 6.07 Å². The Hall–Kier alpha value is -1.51. The van der Waals surface area contributed by atoms with E-state index in [9.17, 15) is 15.0 Å². The summed E-state index contributed by atoms with van der Waals surface area (Å²) >= 11 is 0. The van der Waals surface area contributed by atoms with E-state index in [0.29, 0.717) is 11.2 Å². The van der Waals surface area contributed by atoms with Gasteiger partial charge in [0.25, 0.3) is 0 Å². The van der Waals surface area contributed by atoms with Crippen LogP contribution in [0, 0.1) is 10.8 Å². The van der Waals surface area contributed by atoms with E-state index in [0.717, 1.165) is 56.9 Å². The molecule has 26 heavy (non-hydrogen) atoms. The molecule has 0 heterocycles. The van der Waals surface area contributed by atoms with E-state index in [1.165, 1.54) is 37.7 Å². The van der Waals surface area contributed by atoms with Crippen molar-refractivity contribution in [2.24, 2.45) is 10.8 Å². The number of benzene rings is 1. The van der Waals surface area contributed by atoms with Crippen LogP contribution in [-0.2, 0) is 17.6 Å². The third-order valence-electron chi connectivity index (χ3n) is 6.72. The van der Waals surface area contributed by atoms with Crippen LogP contribution in [0.2, 0.25) is 0 Å². The van der Waals surface area contributed by atoms with Crippen molar-refractivity contribution in [2.75, 3.05) is 0 Å². The summed E-state index contributed by atoms with van der Waals surface area (Å²) in [6, 6.07) is 5.92. The standard InChI is InChI=1S/C23H34O3/c1-22(14-15-22)12-6-4-8-18-9-7-11-20(24)19(18)10-3-2-5-13-23(16-17-23)21(25)26/h7,9,11,24H,2-6,8,10,12-17H2,1H3,(H,25,26). The van der Waals surface area contributed by atoms with Gasteiger partial charge in [-0.3, -0.25) is 4.79 Å². The first kappa shape index (κ1) is 19.3. The maximum Gasteiger partial charge on any atom is 0.309 e. The second kappa shape index (κ2) is 8.02. The molecule has 0 spiro atoms. The number of carboxylic acid groups (broad SMARTS) is 1. The van der Waals surface area contributed by atoms with Gasteiger partial charge in [0.05, 0.1) is 5.41 Å². The van der Waals surface area contributed by atoms with Crippen molar-refractivity contribution < 1.29 is 15.0 Å². The zero-order valence-electron chi connectivity index (χ0n) is 16.2. The third-order valence-corrected chi connectivity index (χ3v) is 6.72. The number of aryl methyl sites for hydroxylation is 1. The highest BCUT2D eigenvalue weighted by atomic mass is 16.4. The molecule has 0 saturated heterocycles. The second-order valence-corrected chi connectivity index (χ2v) is 9.08.